The second kappa shape index (κ2) is 6.87. The van der Waals surface area contributed by atoms with E-state index in [2.05, 4.69) is 0 Å². The molecule has 0 fully saturated rings. The zero-order chi connectivity index (χ0) is 17.0. The predicted octanol–water partition coefficient (Wildman–Crippen LogP) is 0.462. The number of benzene rings is 2. The van der Waals surface area contributed by atoms with Crippen LogP contribution in [0.4, 0.5) is 0 Å². The maximum Gasteiger partial charge on any atom is 0.137 e. The van der Waals surface area contributed by atoms with Crippen molar-refractivity contribution in [2.75, 3.05) is 0 Å². The van der Waals surface area contributed by atoms with E-state index in [0.29, 0.717) is 5.39 Å². The Hall–Kier alpha value is -2.95. The molecule has 0 unspecified atom stereocenters. The summed E-state index contributed by atoms with van der Waals surface area (Å²) in [6.45, 7) is 1.58. The molecule has 0 aliphatic rings. The Bertz CT molecular complexity index is 812. The molecule has 2 aromatic rings. The van der Waals surface area contributed by atoms with Crippen molar-refractivity contribution in [3.05, 3.63) is 53.6 Å². The minimum Gasteiger partial charge on any atom is -0.545 e. The van der Waals surface area contributed by atoms with Gasteiger partial charge in [0.2, 0.25) is 0 Å². The molecule has 0 bridgehead atoms. The lowest BCUT2D eigenvalue weighted by Gasteiger charge is -2.18. The van der Waals surface area contributed by atoms with Crippen LogP contribution in [0.2, 0.25) is 0 Å². The number of ketones is 1. The molecule has 5 heteroatoms. The second-order valence-corrected chi connectivity index (χ2v) is 5.02. The standard InChI is InChI=1S/C18H16O5/c1-2-12(19)10-15(17(20)21)16(18(22)23)14-9-5-7-11-6-3-4-8-13(11)14/h3-9H,2,10H2,1H3,(H,20,21)(H,22,23)/p-2/b16-15+. The summed E-state index contributed by atoms with van der Waals surface area (Å²) >= 11 is 0. The van der Waals surface area contributed by atoms with Crippen molar-refractivity contribution >= 4 is 34.1 Å². The van der Waals surface area contributed by atoms with Gasteiger partial charge in [0.1, 0.15) is 5.78 Å². The Balaban J connectivity index is 2.77. The molecule has 0 aliphatic heterocycles. The zero-order valence-corrected chi connectivity index (χ0v) is 12.5. The SMILES string of the molecule is CCC(=O)C/C(C(=O)[O-])=C(\C(=O)[O-])c1cccc2ccccc12. The first kappa shape index (κ1) is 16.4. The summed E-state index contributed by atoms with van der Waals surface area (Å²) in [5.41, 5.74) is -0.872. The average Bonchev–Trinajstić information content (AvgIpc) is 2.53. The molecule has 0 aromatic heterocycles. The largest absolute Gasteiger partial charge is 0.545 e. The van der Waals surface area contributed by atoms with E-state index in [1.165, 1.54) is 6.07 Å². The van der Waals surface area contributed by atoms with Gasteiger partial charge < -0.3 is 19.8 Å². The number of hydrogen-bond acceptors (Lipinski definition) is 5. The van der Waals surface area contributed by atoms with Crippen molar-refractivity contribution in [1.82, 2.24) is 0 Å². The highest BCUT2D eigenvalue weighted by Gasteiger charge is 2.16. The van der Waals surface area contributed by atoms with E-state index in [0.717, 1.165) is 5.39 Å². The Morgan fingerprint density at radius 3 is 2.17 bits per heavy atom. The van der Waals surface area contributed by atoms with Crippen molar-refractivity contribution in [1.29, 1.82) is 0 Å². The van der Waals surface area contributed by atoms with Crippen LogP contribution in [0.1, 0.15) is 25.3 Å². The third kappa shape index (κ3) is 3.45. The zero-order valence-electron chi connectivity index (χ0n) is 12.5. The van der Waals surface area contributed by atoms with Gasteiger partial charge in [-0.25, -0.2) is 0 Å². The molecule has 118 valence electrons. The fourth-order valence-corrected chi connectivity index (χ4v) is 2.42. The summed E-state index contributed by atoms with van der Waals surface area (Å²) < 4.78 is 0. The van der Waals surface area contributed by atoms with E-state index in [9.17, 15) is 24.6 Å². The Morgan fingerprint density at radius 1 is 0.913 bits per heavy atom. The minimum atomic E-state index is -1.68. The molecule has 0 spiro atoms. The third-order valence-electron chi connectivity index (χ3n) is 3.58. The van der Waals surface area contributed by atoms with Gasteiger partial charge in [-0.15, -0.1) is 0 Å². The molecule has 2 rings (SSSR count). The number of rotatable bonds is 6. The molecular formula is C18H14O5-2. The predicted molar refractivity (Wildman–Crippen MR) is 80.8 cm³/mol. The number of carboxylic acid groups (broad SMARTS) is 2. The molecule has 0 atom stereocenters. The first-order valence-electron chi connectivity index (χ1n) is 7.11. The summed E-state index contributed by atoms with van der Waals surface area (Å²) in [5.74, 6) is -3.72. The van der Waals surface area contributed by atoms with Crippen LogP contribution in [0.15, 0.2) is 48.0 Å². The lowest BCUT2D eigenvalue weighted by molar-refractivity contribution is -0.302. The van der Waals surface area contributed by atoms with Crippen molar-refractivity contribution < 1.29 is 24.6 Å². The van der Waals surface area contributed by atoms with E-state index < -0.39 is 29.5 Å². The number of Topliss-reactive ketones (excluding diaryl/α,β-unsaturated/α-hetero) is 1. The molecule has 0 saturated carbocycles. The van der Waals surface area contributed by atoms with Gasteiger partial charge in [0.05, 0.1) is 11.9 Å². The first-order valence-corrected chi connectivity index (χ1v) is 7.11. The van der Waals surface area contributed by atoms with Gasteiger partial charge in [-0.1, -0.05) is 49.4 Å². The number of carboxylic acids is 2. The van der Waals surface area contributed by atoms with Gasteiger partial charge in [-0.05, 0) is 21.9 Å². The van der Waals surface area contributed by atoms with Crippen molar-refractivity contribution in [2.24, 2.45) is 0 Å². The van der Waals surface area contributed by atoms with Crippen LogP contribution in [-0.2, 0) is 14.4 Å². The van der Waals surface area contributed by atoms with E-state index in [1.54, 1.807) is 43.3 Å². The highest BCUT2D eigenvalue weighted by atomic mass is 16.4. The van der Waals surface area contributed by atoms with Crippen LogP contribution in [-0.4, -0.2) is 17.7 Å². The van der Waals surface area contributed by atoms with Gasteiger partial charge >= 0.3 is 0 Å². The number of hydrogen-bond donors (Lipinski definition) is 0. The molecule has 0 saturated heterocycles. The van der Waals surface area contributed by atoms with Crippen molar-refractivity contribution in [2.45, 2.75) is 19.8 Å². The number of carbonyl (C=O) groups excluding carboxylic acids is 3. The summed E-state index contributed by atoms with van der Waals surface area (Å²) in [6.07, 6.45) is -0.405. The van der Waals surface area contributed by atoms with Gasteiger partial charge in [0.25, 0.3) is 0 Å². The van der Waals surface area contributed by atoms with Crippen LogP contribution in [0.3, 0.4) is 0 Å². The third-order valence-corrected chi connectivity index (χ3v) is 3.58. The number of aliphatic carboxylic acids is 2. The fraction of sp³-hybridized carbons (Fsp3) is 0.167. The lowest BCUT2D eigenvalue weighted by Crippen LogP contribution is -2.32. The Labute approximate surface area is 132 Å². The van der Waals surface area contributed by atoms with Crippen LogP contribution < -0.4 is 10.2 Å². The minimum absolute atomic E-state index is 0.104. The smallest absolute Gasteiger partial charge is 0.137 e. The first-order chi connectivity index (χ1) is 11.0. The maximum atomic E-state index is 11.6. The molecule has 0 amide bonds. The molecule has 0 radical (unpaired) electrons. The van der Waals surface area contributed by atoms with E-state index in [-0.39, 0.29) is 17.8 Å². The molecule has 0 heterocycles. The monoisotopic (exact) mass is 310 g/mol. The van der Waals surface area contributed by atoms with Crippen molar-refractivity contribution in [3.8, 4) is 0 Å². The lowest BCUT2D eigenvalue weighted by atomic mass is 9.92. The molecule has 0 aliphatic carbocycles. The molecule has 5 nitrogen and oxygen atoms in total. The van der Waals surface area contributed by atoms with Gasteiger partial charge in [0.15, 0.2) is 0 Å². The van der Waals surface area contributed by atoms with Gasteiger partial charge in [-0.2, -0.15) is 0 Å². The van der Waals surface area contributed by atoms with E-state index in [1.807, 2.05) is 0 Å². The average molecular weight is 310 g/mol. The van der Waals surface area contributed by atoms with E-state index >= 15 is 0 Å². The van der Waals surface area contributed by atoms with Gasteiger partial charge in [-0.3, -0.25) is 4.79 Å². The topological polar surface area (TPSA) is 97.3 Å². The second-order valence-electron chi connectivity index (χ2n) is 5.02. The molecule has 0 N–H and O–H groups in total. The quantitative estimate of drug-likeness (QED) is 0.722. The van der Waals surface area contributed by atoms with Gasteiger partial charge in [0, 0.05) is 18.4 Å². The van der Waals surface area contributed by atoms with Crippen LogP contribution in [0, 0.1) is 0 Å². The highest BCUT2D eigenvalue weighted by molar-refractivity contribution is 6.24. The molecular weight excluding hydrogens is 296 g/mol. The summed E-state index contributed by atoms with van der Waals surface area (Å²) in [6, 6.07) is 11.9. The molecule has 2 aromatic carbocycles. The maximum absolute atomic E-state index is 11.6. The summed E-state index contributed by atoms with van der Waals surface area (Å²) in [7, 11) is 0. The Morgan fingerprint density at radius 2 is 1.57 bits per heavy atom. The van der Waals surface area contributed by atoms with E-state index in [4.69, 9.17) is 0 Å². The highest BCUT2D eigenvalue weighted by Crippen LogP contribution is 2.28. The number of fused-ring (bicyclic) bond motifs is 1. The fourth-order valence-electron chi connectivity index (χ4n) is 2.42. The van der Waals surface area contributed by atoms with Crippen molar-refractivity contribution in [3.63, 3.8) is 0 Å². The van der Waals surface area contributed by atoms with Crippen LogP contribution >= 0.6 is 0 Å². The normalized spacial score (nSPS) is 11.9. The Kier molecular flexibility index (Phi) is 4.91. The molecule has 23 heavy (non-hydrogen) atoms. The number of carbonyl (C=O) groups is 3. The van der Waals surface area contributed by atoms with Crippen LogP contribution in [0.25, 0.3) is 16.3 Å². The summed E-state index contributed by atoms with van der Waals surface area (Å²) in [5, 5.41) is 24.3. The van der Waals surface area contributed by atoms with Crippen LogP contribution in [0.5, 0.6) is 0 Å². The summed E-state index contributed by atoms with van der Waals surface area (Å²) in [4.78, 5) is 34.6.